The first-order valence-electron chi connectivity index (χ1n) is 16.7. The van der Waals surface area contributed by atoms with E-state index in [0.717, 1.165) is 12.8 Å². The summed E-state index contributed by atoms with van der Waals surface area (Å²) in [6, 6.07) is 21.7. The van der Waals surface area contributed by atoms with Gasteiger partial charge in [-0.15, -0.1) is 0 Å². The van der Waals surface area contributed by atoms with Crippen LogP contribution in [-0.2, 0) is 14.0 Å². The third kappa shape index (κ3) is 7.49. The van der Waals surface area contributed by atoms with E-state index in [2.05, 4.69) is 114 Å². The van der Waals surface area contributed by atoms with Crippen molar-refractivity contribution in [2.75, 3.05) is 0 Å². The molecule has 0 unspecified atom stereocenters. The van der Waals surface area contributed by atoms with Gasteiger partial charge >= 0.3 is 5.97 Å². The van der Waals surface area contributed by atoms with Crippen molar-refractivity contribution in [1.82, 2.24) is 0 Å². The summed E-state index contributed by atoms with van der Waals surface area (Å²) in [7, 11) is -2.78. The van der Waals surface area contributed by atoms with Gasteiger partial charge in [0.05, 0.1) is 5.41 Å². The van der Waals surface area contributed by atoms with E-state index in [1.807, 2.05) is 26.8 Å². The van der Waals surface area contributed by atoms with E-state index in [1.165, 1.54) is 15.9 Å². The molecule has 0 fully saturated rings. The lowest BCUT2D eigenvalue weighted by Crippen LogP contribution is -2.67. The number of allylic oxidation sites excluding steroid dienone is 2. The summed E-state index contributed by atoms with van der Waals surface area (Å²) < 4.78 is 13.8. The number of carbonyl (C=O) groups excluding carboxylic acids is 1. The maximum absolute atomic E-state index is 13.1. The SMILES string of the molecule is CC1=CC[C@H](C(C)C)[C@H]2C[C@@H](OC(=O)C(C)(C)C)[C@@H](O)/C=C\C[C@@H](O[Si](c3ccccc3)(c3ccccc3)C(C)(C)C)C[C@@H]12. The Bertz CT molecular complexity index is 1250. The van der Waals surface area contributed by atoms with Gasteiger partial charge in [-0.25, -0.2) is 0 Å². The Balaban J connectivity index is 1.82. The smallest absolute Gasteiger partial charge is 0.311 e. The van der Waals surface area contributed by atoms with Gasteiger partial charge in [0.1, 0.15) is 12.2 Å². The van der Waals surface area contributed by atoms with E-state index in [-0.39, 0.29) is 28.9 Å². The third-order valence-corrected chi connectivity index (χ3v) is 15.1. The fourth-order valence-electron chi connectivity index (χ4n) is 7.50. The van der Waals surface area contributed by atoms with Crippen LogP contribution in [0.3, 0.4) is 0 Å². The number of rotatable bonds is 6. The Morgan fingerprint density at radius 2 is 1.45 bits per heavy atom. The predicted octanol–water partition coefficient (Wildman–Crippen LogP) is 7.85. The minimum atomic E-state index is -2.78. The van der Waals surface area contributed by atoms with Crippen molar-refractivity contribution in [2.45, 2.75) is 111 Å². The van der Waals surface area contributed by atoms with Crippen molar-refractivity contribution in [3.8, 4) is 0 Å². The van der Waals surface area contributed by atoms with Crippen LogP contribution in [-0.4, -0.2) is 37.7 Å². The van der Waals surface area contributed by atoms with Gasteiger partial charge in [-0.1, -0.05) is 119 Å². The molecule has 1 N–H and O–H groups in total. The van der Waals surface area contributed by atoms with Gasteiger partial charge in [0.25, 0.3) is 8.32 Å². The predicted molar refractivity (Wildman–Crippen MR) is 185 cm³/mol. The van der Waals surface area contributed by atoms with Crippen molar-refractivity contribution < 1.29 is 19.1 Å². The Labute approximate surface area is 268 Å². The van der Waals surface area contributed by atoms with E-state index in [4.69, 9.17) is 9.16 Å². The Kier molecular flexibility index (Phi) is 10.9. The first kappa shape index (κ1) is 34.4. The number of esters is 1. The highest BCUT2D eigenvalue weighted by molar-refractivity contribution is 6.99. The molecule has 4 rings (SSSR count). The number of ether oxygens (including phenoxy) is 1. The van der Waals surface area contributed by atoms with E-state index >= 15 is 0 Å². The lowest BCUT2D eigenvalue weighted by molar-refractivity contribution is -0.165. The van der Waals surface area contributed by atoms with Gasteiger partial charge in [-0.3, -0.25) is 4.79 Å². The second kappa shape index (κ2) is 13.9. The summed E-state index contributed by atoms with van der Waals surface area (Å²) in [6.07, 6.45) is 8.07. The lowest BCUT2D eigenvalue weighted by Gasteiger charge is -2.47. The molecule has 0 saturated carbocycles. The number of fused-ring (bicyclic) bond motifs is 1. The molecule has 2 aliphatic carbocycles. The molecule has 6 atom stereocenters. The molecular formula is C39H56O4Si. The first-order valence-corrected chi connectivity index (χ1v) is 18.6. The van der Waals surface area contributed by atoms with Crippen LogP contribution in [0.4, 0.5) is 0 Å². The van der Waals surface area contributed by atoms with Gasteiger partial charge in [0.2, 0.25) is 0 Å². The van der Waals surface area contributed by atoms with Crippen LogP contribution in [0.5, 0.6) is 0 Å². The topological polar surface area (TPSA) is 55.8 Å². The van der Waals surface area contributed by atoms with Crippen LogP contribution in [0.15, 0.2) is 84.5 Å². The molecule has 5 heteroatoms. The number of benzene rings is 2. The van der Waals surface area contributed by atoms with E-state index in [0.29, 0.717) is 24.7 Å². The van der Waals surface area contributed by atoms with Crippen molar-refractivity contribution in [3.05, 3.63) is 84.5 Å². The normalized spacial score (nSPS) is 27.7. The van der Waals surface area contributed by atoms with Crippen LogP contribution in [0, 0.1) is 29.1 Å². The molecule has 0 bridgehead atoms. The zero-order valence-electron chi connectivity index (χ0n) is 28.5. The molecule has 0 aromatic heterocycles. The highest BCUT2D eigenvalue weighted by atomic mass is 28.4. The summed E-state index contributed by atoms with van der Waals surface area (Å²) in [5.41, 5.74) is 0.759. The van der Waals surface area contributed by atoms with Gasteiger partial charge in [0.15, 0.2) is 0 Å². The van der Waals surface area contributed by atoms with Gasteiger partial charge in [-0.05, 0) is 92.5 Å². The van der Waals surface area contributed by atoms with Gasteiger partial charge in [-0.2, -0.15) is 0 Å². The summed E-state index contributed by atoms with van der Waals surface area (Å²) in [5, 5.41) is 13.9. The molecule has 0 saturated heterocycles. The molecule has 2 aliphatic rings. The summed E-state index contributed by atoms with van der Waals surface area (Å²) in [5.74, 6) is 1.18. The number of aliphatic hydroxyl groups is 1. The number of hydrogen-bond donors (Lipinski definition) is 1. The molecule has 2 aromatic rings. The second-order valence-electron chi connectivity index (χ2n) is 15.6. The molecule has 0 spiro atoms. The van der Waals surface area contributed by atoms with Crippen LogP contribution in [0.2, 0.25) is 5.04 Å². The maximum Gasteiger partial charge on any atom is 0.311 e. The van der Waals surface area contributed by atoms with E-state index in [9.17, 15) is 9.90 Å². The minimum absolute atomic E-state index is 0.0415. The van der Waals surface area contributed by atoms with Crippen LogP contribution in [0.25, 0.3) is 0 Å². The number of aliphatic hydroxyl groups excluding tert-OH is 1. The summed E-state index contributed by atoms with van der Waals surface area (Å²) in [6.45, 7) is 19.5. The Morgan fingerprint density at radius 3 is 1.95 bits per heavy atom. The summed E-state index contributed by atoms with van der Waals surface area (Å²) >= 11 is 0. The molecule has 0 radical (unpaired) electrons. The van der Waals surface area contributed by atoms with Crippen molar-refractivity contribution >= 4 is 24.7 Å². The molecule has 4 nitrogen and oxygen atoms in total. The summed E-state index contributed by atoms with van der Waals surface area (Å²) in [4.78, 5) is 13.1. The van der Waals surface area contributed by atoms with Gasteiger partial charge in [0, 0.05) is 6.10 Å². The van der Waals surface area contributed by atoms with Crippen molar-refractivity contribution in [3.63, 3.8) is 0 Å². The molecule has 240 valence electrons. The number of hydrogen-bond acceptors (Lipinski definition) is 4. The maximum atomic E-state index is 13.1. The fraction of sp³-hybridized carbons (Fsp3) is 0.564. The van der Waals surface area contributed by atoms with E-state index in [1.54, 1.807) is 0 Å². The van der Waals surface area contributed by atoms with Crippen LogP contribution in [0.1, 0.15) is 88.0 Å². The number of carbonyl (C=O) groups is 1. The zero-order chi connectivity index (χ0) is 32.3. The lowest BCUT2D eigenvalue weighted by atomic mass is 9.64. The average molecular weight is 617 g/mol. The van der Waals surface area contributed by atoms with Gasteiger partial charge < -0.3 is 14.3 Å². The quantitative estimate of drug-likeness (QED) is 0.204. The molecule has 0 heterocycles. The molecule has 2 aromatic carbocycles. The average Bonchev–Trinajstić information content (AvgIpc) is 2.96. The molecule has 0 amide bonds. The van der Waals surface area contributed by atoms with Crippen LogP contribution >= 0.6 is 0 Å². The minimum Gasteiger partial charge on any atom is -0.459 e. The fourth-order valence-corrected chi connectivity index (χ4v) is 12.2. The standard InChI is InChI=1S/C39H56O4Si/c1-27(2)32-24-23-28(3)33-25-29(17-16-22-35(40)36(26-34(32)33)42-37(41)38(4,5)6)43-44(39(7,8)9,30-18-12-10-13-19-30)31-20-14-11-15-21-31/h10-16,18-23,27,29,32-36,40H,17,24-26H2,1-9H3/b22-16-/t29-,32-,33+,34-,35+,36-/m1/s1. The monoisotopic (exact) mass is 616 g/mol. The van der Waals surface area contributed by atoms with E-state index < -0.39 is 25.9 Å². The highest BCUT2D eigenvalue weighted by Crippen LogP contribution is 2.46. The first-order chi connectivity index (χ1) is 20.6. The molecule has 44 heavy (non-hydrogen) atoms. The molecule has 0 aliphatic heterocycles. The largest absolute Gasteiger partial charge is 0.459 e. The Morgan fingerprint density at radius 1 is 0.886 bits per heavy atom. The van der Waals surface area contributed by atoms with Crippen LogP contribution < -0.4 is 10.4 Å². The second-order valence-corrected chi connectivity index (χ2v) is 19.8. The van der Waals surface area contributed by atoms with Crippen molar-refractivity contribution in [1.29, 1.82) is 0 Å². The van der Waals surface area contributed by atoms with Crippen molar-refractivity contribution in [2.24, 2.45) is 29.1 Å². The Hall–Kier alpha value is -2.47. The molecular weight excluding hydrogens is 561 g/mol. The third-order valence-electron chi connectivity index (χ3n) is 9.99. The zero-order valence-corrected chi connectivity index (χ0v) is 29.5. The highest BCUT2D eigenvalue weighted by Gasteiger charge is 2.52.